The van der Waals surface area contributed by atoms with E-state index in [-0.39, 0.29) is 5.41 Å². The second-order valence-corrected chi connectivity index (χ2v) is 5.77. The van der Waals surface area contributed by atoms with Gasteiger partial charge in [-0.25, -0.2) is 0 Å². The molecule has 1 aromatic carbocycles. The van der Waals surface area contributed by atoms with Gasteiger partial charge in [0.1, 0.15) is 0 Å². The summed E-state index contributed by atoms with van der Waals surface area (Å²) in [6.45, 7) is 7.55. The molecule has 0 aromatic heterocycles. The molecule has 108 valence electrons. The summed E-state index contributed by atoms with van der Waals surface area (Å²) in [4.78, 5) is 0. The van der Waals surface area contributed by atoms with E-state index < -0.39 is 0 Å². The molecule has 0 amide bonds. The molecule has 1 aromatic rings. The van der Waals surface area contributed by atoms with Gasteiger partial charge in [-0.1, -0.05) is 43.3 Å². The van der Waals surface area contributed by atoms with E-state index in [1.807, 2.05) is 24.3 Å². The molecule has 0 heterocycles. The normalized spacial score (nSPS) is 24.4. The number of rotatable bonds is 8. The second-order valence-electron chi connectivity index (χ2n) is 5.77. The van der Waals surface area contributed by atoms with Crippen molar-refractivity contribution in [2.45, 2.75) is 26.4 Å². The molecular formula is C17H23NO2. The molecule has 0 bridgehead atoms. The van der Waals surface area contributed by atoms with Crippen molar-refractivity contribution >= 4 is 6.21 Å². The highest BCUT2D eigenvalue weighted by atomic mass is 16.5. The van der Waals surface area contributed by atoms with Gasteiger partial charge >= 0.3 is 0 Å². The first-order chi connectivity index (χ1) is 9.69. The van der Waals surface area contributed by atoms with E-state index in [4.69, 9.17) is 9.94 Å². The lowest BCUT2D eigenvalue weighted by Crippen LogP contribution is -2.20. The van der Waals surface area contributed by atoms with Gasteiger partial charge in [0.15, 0.2) is 0 Å². The van der Waals surface area contributed by atoms with Gasteiger partial charge in [0.2, 0.25) is 0 Å². The summed E-state index contributed by atoms with van der Waals surface area (Å²) in [6.07, 6.45) is 5.68. The molecule has 1 aliphatic carbocycles. The Labute approximate surface area is 121 Å². The summed E-state index contributed by atoms with van der Waals surface area (Å²) in [6, 6.07) is 10.2. The van der Waals surface area contributed by atoms with Crippen LogP contribution in [0.3, 0.4) is 0 Å². The number of oxime groups is 1. The van der Waals surface area contributed by atoms with Crippen molar-refractivity contribution in [3.63, 3.8) is 0 Å². The summed E-state index contributed by atoms with van der Waals surface area (Å²) < 4.78 is 5.76. The minimum Gasteiger partial charge on any atom is -0.411 e. The number of hydrogen-bond donors (Lipinski definition) is 1. The molecule has 0 saturated heterocycles. The van der Waals surface area contributed by atoms with Crippen molar-refractivity contribution in [1.29, 1.82) is 0 Å². The lowest BCUT2D eigenvalue weighted by molar-refractivity contribution is 0.0930. The van der Waals surface area contributed by atoms with Crippen LogP contribution in [0.25, 0.3) is 0 Å². The van der Waals surface area contributed by atoms with Crippen LogP contribution >= 0.6 is 0 Å². The first-order valence-electron chi connectivity index (χ1n) is 7.12. The molecule has 1 saturated carbocycles. The summed E-state index contributed by atoms with van der Waals surface area (Å²) >= 11 is 0. The molecule has 1 fully saturated rings. The molecule has 3 heteroatoms. The zero-order valence-corrected chi connectivity index (χ0v) is 12.0. The van der Waals surface area contributed by atoms with Crippen LogP contribution in [-0.2, 0) is 11.3 Å². The van der Waals surface area contributed by atoms with Crippen LogP contribution < -0.4 is 0 Å². The molecule has 3 nitrogen and oxygen atoms in total. The van der Waals surface area contributed by atoms with Gasteiger partial charge in [0, 0.05) is 18.7 Å². The van der Waals surface area contributed by atoms with E-state index in [0.29, 0.717) is 18.4 Å². The molecule has 0 aliphatic heterocycles. The maximum Gasteiger partial charge on any atom is 0.0716 e. The largest absolute Gasteiger partial charge is 0.411 e. The van der Waals surface area contributed by atoms with E-state index >= 15 is 0 Å². The topological polar surface area (TPSA) is 41.8 Å². The first-order valence-corrected chi connectivity index (χ1v) is 7.12. The smallest absolute Gasteiger partial charge is 0.0716 e. The van der Waals surface area contributed by atoms with E-state index in [1.54, 1.807) is 6.21 Å². The third-order valence-corrected chi connectivity index (χ3v) is 4.31. The van der Waals surface area contributed by atoms with Gasteiger partial charge in [0.05, 0.1) is 6.61 Å². The van der Waals surface area contributed by atoms with Crippen molar-refractivity contribution < 1.29 is 9.94 Å². The Balaban J connectivity index is 1.75. The minimum absolute atomic E-state index is 0.0581. The quantitative estimate of drug-likeness (QED) is 0.257. The fraction of sp³-hybridized carbons (Fsp3) is 0.471. The van der Waals surface area contributed by atoms with Crippen LogP contribution in [0.15, 0.2) is 48.1 Å². The highest BCUT2D eigenvalue weighted by Gasteiger charge is 2.47. The Morgan fingerprint density at radius 2 is 2.20 bits per heavy atom. The lowest BCUT2D eigenvalue weighted by Gasteiger charge is -2.26. The number of allylic oxidation sites excluding steroid dienone is 1. The Kier molecular flexibility index (Phi) is 4.96. The highest BCUT2D eigenvalue weighted by Crippen LogP contribution is 2.52. The standard InChI is InChI=1S/C17H23NO2/c1-3-17(2,16-11-15(16)12-18-19)9-10-20-13-14-7-5-4-6-8-14/h3-8,12,15-16,19H,1,9-11,13H2,2H3/b18-12+/t15-,16-,17+/m1/s1. The fourth-order valence-corrected chi connectivity index (χ4v) is 2.72. The fourth-order valence-electron chi connectivity index (χ4n) is 2.72. The second kappa shape index (κ2) is 6.71. The van der Waals surface area contributed by atoms with Gasteiger partial charge in [-0.15, -0.1) is 11.7 Å². The molecular weight excluding hydrogens is 250 g/mol. The molecule has 1 aliphatic rings. The molecule has 20 heavy (non-hydrogen) atoms. The van der Waals surface area contributed by atoms with Crippen LogP contribution in [0.1, 0.15) is 25.3 Å². The van der Waals surface area contributed by atoms with Gasteiger partial charge in [-0.2, -0.15) is 0 Å². The monoisotopic (exact) mass is 273 g/mol. The number of hydrogen-bond acceptors (Lipinski definition) is 3. The van der Waals surface area contributed by atoms with Crippen molar-refractivity contribution in [1.82, 2.24) is 0 Å². The highest BCUT2D eigenvalue weighted by molar-refractivity contribution is 5.64. The SMILES string of the molecule is C=C[C@@](C)(CCOCc1ccccc1)[C@@H]1C[C@@H]1/C=N/O. The average molecular weight is 273 g/mol. The predicted molar refractivity (Wildman–Crippen MR) is 80.9 cm³/mol. The summed E-state index contributed by atoms with van der Waals surface area (Å²) in [5.41, 5.74) is 1.26. The molecule has 1 N–H and O–H groups in total. The van der Waals surface area contributed by atoms with Crippen molar-refractivity contribution in [2.75, 3.05) is 6.61 Å². The van der Waals surface area contributed by atoms with E-state index in [9.17, 15) is 0 Å². The van der Waals surface area contributed by atoms with E-state index in [1.165, 1.54) is 5.56 Å². The minimum atomic E-state index is 0.0581. The van der Waals surface area contributed by atoms with Crippen LogP contribution in [0.5, 0.6) is 0 Å². The summed E-state index contributed by atoms with van der Waals surface area (Å²) in [5.74, 6) is 0.911. The first kappa shape index (κ1) is 14.8. The average Bonchev–Trinajstić information content (AvgIpc) is 3.25. The van der Waals surface area contributed by atoms with Crippen molar-refractivity contribution in [2.24, 2.45) is 22.4 Å². The van der Waals surface area contributed by atoms with Gasteiger partial charge in [-0.3, -0.25) is 0 Å². The maximum absolute atomic E-state index is 8.59. The van der Waals surface area contributed by atoms with E-state index in [0.717, 1.165) is 19.4 Å². The summed E-state index contributed by atoms with van der Waals surface area (Å²) in [5, 5.41) is 11.7. The lowest BCUT2D eigenvalue weighted by atomic mass is 9.81. The molecule has 0 unspecified atom stereocenters. The molecule has 2 rings (SSSR count). The van der Waals surface area contributed by atoms with Crippen LogP contribution in [0.2, 0.25) is 0 Å². The van der Waals surface area contributed by atoms with Gasteiger partial charge < -0.3 is 9.94 Å². The molecule has 3 atom stereocenters. The Hall–Kier alpha value is -1.61. The Bertz CT molecular complexity index is 457. The van der Waals surface area contributed by atoms with Crippen molar-refractivity contribution in [3.05, 3.63) is 48.6 Å². The Morgan fingerprint density at radius 3 is 2.85 bits per heavy atom. The Morgan fingerprint density at radius 1 is 1.45 bits per heavy atom. The van der Waals surface area contributed by atoms with Gasteiger partial charge in [-0.05, 0) is 29.7 Å². The van der Waals surface area contributed by atoms with Crippen LogP contribution in [-0.4, -0.2) is 18.0 Å². The van der Waals surface area contributed by atoms with Crippen LogP contribution in [0.4, 0.5) is 0 Å². The number of nitrogens with zero attached hydrogens (tertiary/aromatic N) is 1. The predicted octanol–water partition coefficient (Wildman–Crippen LogP) is 3.88. The number of benzene rings is 1. The molecule has 0 spiro atoms. The summed E-state index contributed by atoms with van der Waals surface area (Å²) in [7, 11) is 0. The third kappa shape index (κ3) is 3.70. The van der Waals surface area contributed by atoms with Crippen LogP contribution in [0, 0.1) is 17.3 Å². The van der Waals surface area contributed by atoms with Crippen molar-refractivity contribution in [3.8, 4) is 0 Å². The van der Waals surface area contributed by atoms with E-state index in [2.05, 4.69) is 30.8 Å². The zero-order valence-electron chi connectivity index (χ0n) is 12.0. The van der Waals surface area contributed by atoms with Gasteiger partial charge in [0.25, 0.3) is 0 Å². The molecule has 0 radical (unpaired) electrons. The zero-order chi connectivity index (χ0) is 14.4. The third-order valence-electron chi connectivity index (χ3n) is 4.31. The maximum atomic E-state index is 8.59. The number of ether oxygens (including phenoxy) is 1.